The minimum Gasteiger partial charge on any atom is -0.481 e. The molecule has 1 N–H and O–H groups in total. The van der Waals surface area contributed by atoms with Crippen LogP contribution in [0.25, 0.3) is 0 Å². The van der Waals surface area contributed by atoms with E-state index >= 15 is 0 Å². The SMILES string of the molecule is CCCc1ccc(C2(C(=O)O)CCCC2)s1. The van der Waals surface area contributed by atoms with Gasteiger partial charge in [-0.3, -0.25) is 4.79 Å². The van der Waals surface area contributed by atoms with E-state index in [1.807, 2.05) is 6.07 Å². The first-order valence-corrected chi connectivity index (χ1v) is 6.83. The number of carboxylic acid groups (broad SMARTS) is 1. The highest BCUT2D eigenvalue weighted by Crippen LogP contribution is 2.44. The monoisotopic (exact) mass is 238 g/mol. The van der Waals surface area contributed by atoms with E-state index in [1.165, 1.54) is 4.88 Å². The first-order chi connectivity index (χ1) is 7.69. The summed E-state index contributed by atoms with van der Waals surface area (Å²) in [6.45, 7) is 2.15. The molecule has 0 saturated heterocycles. The number of aliphatic carboxylic acids is 1. The van der Waals surface area contributed by atoms with Gasteiger partial charge in [-0.05, 0) is 31.4 Å². The van der Waals surface area contributed by atoms with Crippen molar-refractivity contribution < 1.29 is 9.90 Å². The van der Waals surface area contributed by atoms with Crippen molar-refractivity contribution in [3.8, 4) is 0 Å². The van der Waals surface area contributed by atoms with Gasteiger partial charge in [0.1, 0.15) is 5.41 Å². The second-order valence-corrected chi connectivity index (χ2v) is 5.78. The Hall–Kier alpha value is -0.830. The summed E-state index contributed by atoms with van der Waals surface area (Å²) in [5.74, 6) is -0.630. The van der Waals surface area contributed by atoms with Crippen LogP contribution < -0.4 is 0 Å². The zero-order valence-electron chi connectivity index (χ0n) is 9.66. The molecule has 0 bridgehead atoms. The Balaban J connectivity index is 2.28. The molecule has 0 aliphatic heterocycles. The van der Waals surface area contributed by atoms with Crippen LogP contribution in [0.4, 0.5) is 0 Å². The van der Waals surface area contributed by atoms with Crippen LogP contribution in [0.3, 0.4) is 0 Å². The summed E-state index contributed by atoms with van der Waals surface area (Å²) >= 11 is 1.70. The van der Waals surface area contributed by atoms with Gasteiger partial charge in [-0.1, -0.05) is 26.2 Å². The van der Waals surface area contributed by atoms with E-state index in [0.717, 1.165) is 43.4 Å². The lowest BCUT2D eigenvalue weighted by molar-refractivity contribution is -0.143. The Morgan fingerprint density at radius 1 is 1.44 bits per heavy atom. The quantitative estimate of drug-likeness (QED) is 0.870. The van der Waals surface area contributed by atoms with Gasteiger partial charge >= 0.3 is 5.97 Å². The molecular formula is C13H18O2S. The van der Waals surface area contributed by atoms with Crippen molar-refractivity contribution in [2.45, 2.75) is 50.9 Å². The first kappa shape index (κ1) is 11.6. The Bertz CT molecular complexity index is 375. The van der Waals surface area contributed by atoms with Gasteiger partial charge in [0, 0.05) is 9.75 Å². The van der Waals surface area contributed by atoms with Gasteiger partial charge in [0.25, 0.3) is 0 Å². The topological polar surface area (TPSA) is 37.3 Å². The molecule has 0 unspecified atom stereocenters. The van der Waals surface area contributed by atoms with Crippen molar-refractivity contribution >= 4 is 17.3 Å². The third-order valence-corrected chi connectivity index (χ3v) is 4.85. The molecule has 2 rings (SSSR count). The van der Waals surface area contributed by atoms with Crippen LogP contribution in [0.2, 0.25) is 0 Å². The number of hydrogen-bond acceptors (Lipinski definition) is 2. The zero-order chi connectivity index (χ0) is 11.6. The molecule has 0 radical (unpaired) electrons. The largest absolute Gasteiger partial charge is 0.481 e. The molecule has 0 atom stereocenters. The normalized spacial score (nSPS) is 18.8. The number of thiophene rings is 1. The molecule has 88 valence electrons. The van der Waals surface area contributed by atoms with E-state index < -0.39 is 11.4 Å². The van der Waals surface area contributed by atoms with Crippen LogP contribution >= 0.6 is 11.3 Å². The van der Waals surface area contributed by atoms with Crippen molar-refractivity contribution in [2.75, 3.05) is 0 Å². The van der Waals surface area contributed by atoms with Gasteiger partial charge in [0.05, 0.1) is 0 Å². The van der Waals surface area contributed by atoms with E-state index in [2.05, 4.69) is 13.0 Å². The Morgan fingerprint density at radius 3 is 2.69 bits per heavy atom. The van der Waals surface area contributed by atoms with Crippen LogP contribution in [0.5, 0.6) is 0 Å². The predicted octanol–water partition coefficient (Wildman–Crippen LogP) is 3.60. The minimum atomic E-state index is -0.630. The molecule has 1 saturated carbocycles. The maximum atomic E-state index is 11.5. The Morgan fingerprint density at radius 2 is 2.12 bits per heavy atom. The molecule has 0 aromatic carbocycles. The average molecular weight is 238 g/mol. The fraction of sp³-hybridized carbons (Fsp3) is 0.615. The number of rotatable bonds is 4. The zero-order valence-corrected chi connectivity index (χ0v) is 10.5. The summed E-state index contributed by atoms with van der Waals surface area (Å²) in [7, 11) is 0. The smallest absolute Gasteiger partial charge is 0.314 e. The van der Waals surface area contributed by atoms with Crippen molar-refractivity contribution in [1.29, 1.82) is 0 Å². The van der Waals surface area contributed by atoms with E-state index in [-0.39, 0.29) is 0 Å². The summed E-state index contributed by atoms with van der Waals surface area (Å²) in [5.41, 5.74) is -0.559. The number of hydrogen-bond donors (Lipinski definition) is 1. The van der Waals surface area contributed by atoms with Gasteiger partial charge in [-0.15, -0.1) is 11.3 Å². The lowest BCUT2D eigenvalue weighted by Gasteiger charge is -2.21. The third-order valence-electron chi connectivity index (χ3n) is 3.50. The molecule has 1 heterocycles. The summed E-state index contributed by atoms with van der Waals surface area (Å²) in [4.78, 5) is 13.9. The van der Waals surface area contributed by atoms with Crippen LogP contribution in [-0.4, -0.2) is 11.1 Å². The van der Waals surface area contributed by atoms with Crippen molar-refractivity contribution in [3.05, 3.63) is 21.9 Å². The fourth-order valence-corrected chi connectivity index (χ4v) is 3.91. The molecule has 1 aromatic rings. The molecule has 1 aliphatic carbocycles. The van der Waals surface area contributed by atoms with Gasteiger partial charge in [-0.25, -0.2) is 0 Å². The van der Waals surface area contributed by atoms with Crippen LogP contribution in [-0.2, 0) is 16.6 Å². The lowest BCUT2D eigenvalue weighted by Crippen LogP contribution is -2.31. The number of aryl methyl sites for hydroxylation is 1. The number of carboxylic acids is 1. The van der Waals surface area contributed by atoms with Crippen molar-refractivity contribution in [3.63, 3.8) is 0 Å². The molecule has 1 aliphatic rings. The van der Waals surface area contributed by atoms with Crippen LogP contribution in [0.15, 0.2) is 12.1 Å². The summed E-state index contributed by atoms with van der Waals surface area (Å²) in [6, 6.07) is 4.14. The van der Waals surface area contributed by atoms with Crippen LogP contribution in [0, 0.1) is 0 Å². The van der Waals surface area contributed by atoms with Gasteiger partial charge < -0.3 is 5.11 Å². The molecule has 3 heteroatoms. The van der Waals surface area contributed by atoms with Crippen LogP contribution in [0.1, 0.15) is 48.8 Å². The Kier molecular flexibility index (Phi) is 3.33. The van der Waals surface area contributed by atoms with Gasteiger partial charge in [0.15, 0.2) is 0 Å². The van der Waals surface area contributed by atoms with E-state index in [1.54, 1.807) is 11.3 Å². The third kappa shape index (κ3) is 1.88. The summed E-state index contributed by atoms with van der Waals surface area (Å²) < 4.78 is 0. The first-order valence-electron chi connectivity index (χ1n) is 6.01. The molecule has 2 nitrogen and oxygen atoms in total. The standard InChI is InChI=1S/C13H18O2S/c1-2-5-10-6-7-11(16-10)13(12(14)15)8-3-4-9-13/h6-7H,2-5,8-9H2,1H3,(H,14,15). The molecule has 16 heavy (non-hydrogen) atoms. The number of carbonyl (C=O) groups is 1. The highest BCUT2D eigenvalue weighted by Gasteiger charge is 2.43. The molecular weight excluding hydrogens is 220 g/mol. The fourth-order valence-electron chi connectivity index (χ4n) is 2.56. The van der Waals surface area contributed by atoms with E-state index in [4.69, 9.17) is 0 Å². The van der Waals surface area contributed by atoms with Gasteiger partial charge in [0.2, 0.25) is 0 Å². The molecule has 0 amide bonds. The summed E-state index contributed by atoms with van der Waals surface area (Å²) in [5, 5.41) is 9.46. The Labute approximate surface area is 100 Å². The highest BCUT2D eigenvalue weighted by molar-refractivity contribution is 7.12. The van der Waals surface area contributed by atoms with Crippen molar-refractivity contribution in [2.24, 2.45) is 0 Å². The van der Waals surface area contributed by atoms with Crippen molar-refractivity contribution in [1.82, 2.24) is 0 Å². The molecule has 0 spiro atoms. The maximum Gasteiger partial charge on any atom is 0.314 e. The molecule has 1 aromatic heterocycles. The highest BCUT2D eigenvalue weighted by atomic mass is 32.1. The van der Waals surface area contributed by atoms with E-state index in [0.29, 0.717) is 0 Å². The second kappa shape index (κ2) is 4.58. The lowest BCUT2D eigenvalue weighted by atomic mass is 9.85. The minimum absolute atomic E-state index is 0.559. The van der Waals surface area contributed by atoms with Gasteiger partial charge in [-0.2, -0.15) is 0 Å². The average Bonchev–Trinajstić information content (AvgIpc) is 2.85. The molecule has 1 fully saturated rings. The summed E-state index contributed by atoms with van der Waals surface area (Å²) in [6.07, 6.45) is 5.92. The predicted molar refractivity (Wildman–Crippen MR) is 66.1 cm³/mol. The second-order valence-electron chi connectivity index (χ2n) is 4.61. The van der Waals surface area contributed by atoms with E-state index in [9.17, 15) is 9.90 Å². The maximum absolute atomic E-state index is 11.5.